The van der Waals surface area contributed by atoms with Crippen molar-refractivity contribution >= 4 is 55.0 Å². The third kappa shape index (κ3) is 5.05. The van der Waals surface area contributed by atoms with Gasteiger partial charge in [-0.3, -0.25) is 0 Å². The summed E-state index contributed by atoms with van der Waals surface area (Å²) in [5, 5.41) is 29.2. The highest BCUT2D eigenvalue weighted by atomic mass is 32.1. The lowest BCUT2D eigenvalue weighted by molar-refractivity contribution is 1.10. The van der Waals surface area contributed by atoms with Crippen molar-refractivity contribution in [3.8, 4) is 64.5 Å². The van der Waals surface area contributed by atoms with Gasteiger partial charge < -0.3 is 0 Å². The van der Waals surface area contributed by atoms with Crippen LogP contribution in [0.25, 0.3) is 96.9 Å². The second-order valence-electron chi connectivity index (χ2n) is 12.4. The van der Waals surface area contributed by atoms with E-state index in [-0.39, 0.29) is 0 Å². The van der Waals surface area contributed by atoms with Crippen molar-refractivity contribution in [2.24, 2.45) is 0 Å². The molecule has 0 aliphatic carbocycles. The number of hydrogen-bond donors (Lipinski definition) is 0. The molecular formula is C44H26N4S2. The van der Waals surface area contributed by atoms with Crippen LogP contribution in [0, 0.1) is 0 Å². The summed E-state index contributed by atoms with van der Waals surface area (Å²) in [5.74, 6) is 0. The number of benzene rings is 8. The minimum Gasteiger partial charge on any atom is -0.138 e. The summed E-state index contributed by atoms with van der Waals surface area (Å²) in [6.45, 7) is 0. The molecule has 234 valence electrons. The van der Waals surface area contributed by atoms with Crippen LogP contribution in [0.1, 0.15) is 0 Å². The molecule has 8 aromatic carbocycles. The second-order valence-corrected chi connectivity index (χ2v) is 14.4. The van der Waals surface area contributed by atoms with Crippen molar-refractivity contribution in [3.05, 3.63) is 158 Å². The quantitative estimate of drug-likeness (QED) is 0.165. The lowest BCUT2D eigenvalue weighted by atomic mass is 9.89. The van der Waals surface area contributed by atoms with Crippen molar-refractivity contribution in [3.63, 3.8) is 0 Å². The van der Waals surface area contributed by atoms with Crippen molar-refractivity contribution in [2.75, 3.05) is 0 Å². The van der Waals surface area contributed by atoms with Crippen LogP contribution in [-0.2, 0) is 0 Å². The average molecular weight is 675 g/mol. The maximum atomic E-state index is 4.48. The van der Waals surface area contributed by atoms with Crippen LogP contribution in [0.5, 0.6) is 0 Å². The van der Waals surface area contributed by atoms with Crippen molar-refractivity contribution in [1.82, 2.24) is 20.4 Å². The predicted molar refractivity (Wildman–Crippen MR) is 210 cm³/mol. The zero-order chi connectivity index (χ0) is 33.0. The summed E-state index contributed by atoms with van der Waals surface area (Å²) in [6.07, 6.45) is 0. The molecule has 0 atom stereocenters. The van der Waals surface area contributed by atoms with E-state index < -0.39 is 0 Å². The van der Waals surface area contributed by atoms with E-state index in [1.165, 1.54) is 54.6 Å². The highest BCUT2D eigenvalue weighted by molar-refractivity contribution is 7.18. The van der Waals surface area contributed by atoms with Gasteiger partial charge in [0.15, 0.2) is 0 Å². The molecule has 0 radical (unpaired) electrons. The molecule has 0 amide bonds. The van der Waals surface area contributed by atoms with E-state index >= 15 is 0 Å². The Morgan fingerprint density at radius 3 is 0.860 bits per heavy atom. The zero-order valence-corrected chi connectivity index (χ0v) is 28.2. The molecular weight excluding hydrogens is 649 g/mol. The molecule has 0 spiro atoms. The van der Waals surface area contributed by atoms with Gasteiger partial charge in [-0.1, -0.05) is 156 Å². The number of nitrogens with zero attached hydrogens (tertiary/aromatic N) is 4. The molecule has 0 saturated heterocycles. The van der Waals surface area contributed by atoms with Gasteiger partial charge in [0.05, 0.1) is 0 Å². The van der Waals surface area contributed by atoms with Gasteiger partial charge in [-0.15, -0.1) is 20.4 Å². The van der Waals surface area contributed by atoms with Crippen molar-refractivity contribution < 1.29 is 0 Å². The number of rotatable bonds is 6. The molecule has 0 bridgehead atoms. The molecule has 6 heteroatoms. The highest BCUT2D eigenvalue weighted by Crippen LogP contribution is 2.40. The summed E-state index contributed by atoms with van der Waals surface area (Å²) in [6, 6.07) is 56.1. The van der Waals surface area contributed by atoms with E-state index in [1.54, 1.807) is 22.7 Å². The Balaban J connectivity index is 0.946. The van der Waals surface area contributed by atoms with Crippen LogP contribution in [0.2, 0.25) is 0 Å². The first kappa shape index (κ1) is 28.9. The Kier molecular flexibility index (Phi) is 6.82. The zero-order valence-electron chi connectivity index (χ0n) is 26.6. The average Bonchev–Trinajstić information content (AvgIpc) is 3.89. The first-order chi connectivity index (χ1) is 24.7. The van der Waals surface area contributed by atoms with Gasteiger partial charge in [0, 0.05) is 22.3 Å². The van der Waals surface area contributed by atoms with Gasteiger partial charge in [-0.05, 0) is 78.8 Å². The molecule has 4 nitrogen and oxygen atoms in total. The third-order valence-corrected chi connectivity index (χ3v) is 11.4. The van der Waals surface area contributed by atoms with E-state index in [4.69, 9.17) is 0 Å². The minimum atomic E-state index is 0.926. The van der Waals surface area contributed by atoms with E-state index in [0.717, 1.165) is 42.3 Å². The highest BCUT2D eigenvalue weighted by Gasteiger charge is 2.14. The Hall–Kier alpha value is -6.08. The van der Waals surface area contributed by atoms with Gasteiger partial charge in [0.1, 0.15) is 20.0 Å². The van der Waals surface area contributed by atoms with Gasteiger partial charge >= 0.3 is 0 Å². The van der Waals surface area contributed by atoms with E-state index in [1.807, 2.05) is 36.4 Å². The third-order valence-electron chi connectivity index (χ3n) is 9.36. The van der Waals surface area contributed by atoms with Gasteiger partial charge in [0.2, 0.25) is 0 Å². The predicted octanol–water partition coefficient (Wildman–Crippen LogP) is 12.3. The van der Waals surface area contributed by atoms with E-state index in [2.05, 4.69) is 142 Å². The van der Waals surface area contributed by atoms with Crippen molar-refractivity contribution in [1.29, 1.82) is 0 Å². The molecule has 2 aromatic heterocycles. The Morgan fingerprint density at radius 1 is 0.260 bits per heavy atom. The Morgan fingerprint density at radius 2 is 0.540 bits per heavy atom. The van der Waals surface area contributed by atoms with Crippen LogP contribution in [0.3, 0.4) is 0 Å². The lowest BCUT2D eigenvalue weighted by Gasteiger charge is -2.15. The number of aromatic nitrogens is 4. The molecule has 0 saturated carbocycles. The van der Waals surface area contributed by atoms with E-state index in [9.17, 15) is 0 Å². The maximum Gasteiger partial charge on any atom is 0.148 e. The molecule has 50 heavy (non-hydrogen) atoms. The lowest BCUT2D eigenvalue weighted by Crippen LogP contribution is -1.88. The van der Waals surface area contributed by atoms with E-state index in [0.29, 0.717) is 0 Å². The standard InChI is InChI=1S/C44H26N4S2/c1-3-7-29(8-4-1)41-45-47-43(49-41)31-15-11-27(12-16-31)37-23-33-19-21-35-25-38(26-36-22-20-34(24-37)39(33)40(35)36)28-13-17-32(18-14-28)44-48-46-42(50-44)30-9-5-2-6-10-30/h1-26H. The second kappa shape index (κ2) is 11.8. The van der Waals surface area contributed by atoms with Crippen LogP contribution >= 0.6 is 22.7 Å². The molecule has 0 fully saturated rings. The fraction of sp³-hybridized carbons (Fsp3) is 0. The summed E-state index contributed by atoms with van der Waals surface area (Å²) >= 11 is 3.24. The van der Waals surface area contributed by atoms with Gasteiger partial charge in [-0.2, -0.15) is 0 Å². The molecule has 0 N–H and O–H groups in total. The molecule has 0 aliphatic heterocycles. The molecule has 10 rings (SSSR count). The first-order valence-electron chi connectivity index (χ1n) is 16.5. The summed E-state index contributed by atoms with van der Waals surface area (Å²) in [7, 11) is 0. The normalized spacial score (nSPS) is 11.6. The largest absolute Gasteiger partial charge is 0.148 e. The fourth-order valence-electron chi connectivity index (χ4n) is 6.86. The van der Waals surface area contributed by atoms with Crippen molar-refractivity contribution in [2.45, 2.75) is 0 Å². The monoisotopic (exact) mass is 674 g/mol. The Labute approximate surface area is 296 Å². The molecule has 0 aliphatic rings. The van der Waals surface area contributed by atoms with Gasteiger partial charge in [-0.25, -0.2) is 0 Å². The summed E-state index contributed by atoms with van der Waals surface area (Å²) in [5.41, 5.74) is 9.12. The fourth-order valence-corrected chi connectivity index (χ4v) is 8.56. The first-order valence-corrected chi connectivity index (χ1v) is 18.1. The van der Waals surface area contributed by atoms with Crippen LogP contribution < -0.4 is 0 Å². The minimum absolute atomic E-state index is 0.926. The maximum absolute atomic E-state index is 4.48. The van der Waals surface area contributed by atoms with Gasteiger partial charge in [0.25, 0.3) is 0 Å². The van der Waals surface area contributed by atoms with Crippen LogP contribution in [-0.4, -0.2) is 20.4 Å². The topological polar surface area (TPSA) is 51.6 Å². The van der Waals surface area contributed by atoms with Crippen LogP contribution in [0.4, 0.5) is 0 Å². The summed E-state index contributed by atoms with van der Waals surface area (Å²) < 4.78 is 0. The van der Waals surface area contributed by atoms with Crippen LogP contribution in [0.15, 0.2) is 158 Å². The summed E-state index contributed by atoms with van der Waals surface area (Å²) in [4.78, 5) is 0. The Bertz CT molecular complexity index is 2530. The molecule has 10 aromatic rings. The smallest absolute Gasteiger partial charge is 0.138 e. The molecule has 0 unspecified atom stereocenters. The molecule has 2 heterocycles. The number of hydrogen-bond acceptors (Lipinski definition) is 6. The SMILES string of the molecule is c1ccc(-c2nnc(-c3ccc(-c4cc5ccc6cc(-c7ccc(-c8nnc(-c9ccccc9)s8)cc7)cc7ccc(c4)c5c67)cc3)s2)cc1.